The quantitative estimate of drug-likeness (QED) is 0.593. The lowest BCUT2D eigenvalue weighted by Crippen LogP contribution is -2.41. The number of nitrogens with zero attached hydrogens (tertiary/aromatic N) is 3. The number of fused-ring (bicyclic) bond motifs is 1. The molecule has 0 bridgehead atoms. The van der Waals surface area contributed by atoms with Gasteiger partial charge in [0.15, 0.2) is 4.90 Å². The van der Waals surface area contributed by atoms with Crippen molar-refractivity contribution in [3.63, 3.8) is 0 Å². The summed E-state index contributed by atoms with van der Waals surface area (Å²) >= 11 is 0. The van der Waals surface area contributed by atoms with Crippen molar-refractivity contribution in [2.24, 2.45) is 0 Å². The molecule has 0 spiro atoms. The molecule has 0 radical (unpaired) electrons. The van der Waals surface area contributed by atoms with Crippen molar-refractivity contribution in [3.05, 3.63) is 44.5 Å². The van der Waals surface area contributed by atoms with Crippen molar-refractivity contribution in [2.45, 2.75) is 24.6 Å². The molecular formula is C11H13N5O5S. The van der Waals surface area contributed by atoms with Crippen molar-refractivity contribution in [3.8, 4) is 0 Å². The minimum atomic E-state index is -4.03. The molecule has 0 fully saturated rings. The molecule has 1 aliphatic rings. The lowest BCUT2D eigenvalue weighted by Gasteiger charge is -2.26. The summed E-state index contributed by atoms with van der Waals surface area (Å²) in [5.41, 5.74) is -0.650. The first kappa shape index (κ1) is 14.7. The Balaban J connectivity index is 1.97. The number of aliphatic hydroxyl groups is 1. The molecule has 11 heteroatoms. The maximum absolute atomic E-state index is 12.5. The van der Waals surface area contributed by atoms with Gasteiger partial charge in [-0.25, -0.2) is 13.2 Å². The second-order valence-corrected chi connectivity index (χ2v) is 6.69. The third kappa shape index (κ3) is 2.38. The third-order valence-corrected chi connectivity index (χ3v) is 5.23. The van der Waals surface area contributed by atoms with E-state index in [4.69, 9.17) is 5.11 Å². The SMILES string of the molecule is O=c1[nH]cc(S(=O)(=O)N2CCn3nc(CO)cc3C2)c(=O)[nH]1. The van der Waals surface area contributed by atoms with Crippen LogP contribution in [0.1, 0.15) is 11.4 Å². The monoisotopic (exact) mass is 327 g/mol. The summed E-state index contributed by atoms with van der Waals surface area (Å²) in [6.45, 7) is 0.260. The number of rotatable bonds is 3. The highest BCUT2D eigenvalue weighted by Gasteiger charge is 2.31. The molecule has 10 nitrogen and oxygen atoms in total. The number of hydrogen-bond donors (Lipinski definition) is 3. The summed E-state index contributed by atoms with van der Waals surface area (Å²) in [7, 11) is -4.03. The summed E-state index contributed by atoms with van der Waals surface area (Å²) in [6.07, 6.45) is 0.890. The van der Waals surface area contributed by atoms with Gasteiger partial charge in [0.25, 0.3) is 5.56 Å². The molecular weight excluding hydrogens is 314 g/mol. The predicted octanol–water partition coefficient (Wildman–Crippen LogP) is -2.04. The Kier molecular flexibility index (Phi) is 3.47. The lowest BCUT2D eigenvalue weighted by molar-refractivity contribution is 0.273. The number of H-pyrrole nitrogens is 2. The van der Waals surface area contributed by atoms with Gasteiger partial charge in [-0.3, -0.25) is 14.5 Å². The van der Waals surface area contributed by atoms with E-state index in [1.807, 2.05) is 4.98 Å². The maximum Gasteiger partial charge on any atom is 0.325 e. The van der Waals surface area contributed by atoms with Gasteiger partial charge in [0.05, 0.1) is 31.1 Å². The van der Waals surface area contributed by atoms with E-state index in [0.717, 1.165) is 10.5 Å². The van der Waals surface area contributed by atoms with Crippen molar-refractivity contribution in [1.82, 2.24) is 24.1 Å². The van der Waals surface area contributed by atoms with Crippen LogP contribution < -0.4 is 11.2 Å². The molecule has 2 aromatic heterocycles. The molecule has 3 heterocycles. The number of nitrogens with one attached hydrogen (secondary N) is 2. The van der Waals surface area contributed by atoms with Crippen molar-refractivity contribution in [2.75, 3.05) is 6.54 Å². The van der Waals surface area contributed by atoms with Crippen molar-refractivity contribution >= 4 is 10.0 Å². The average molecular weight is 327 g/mol. The first-order chi connectivity index (χ1) is 10.4. The highest BCUT2D eigenvalue weighted by atomic mass is 32.2. The smallest absolute Gasteiger partial charge is 0.325 e. The normalized spacial score (nSPS) is 15.7. The van der Waals surface area contributed by atoms with Crippen LogP contribution in [0.15, 0.2) is 26.7 Å². The molecule has 3 N–H and O–H groups in total. The largest absolute Gasteiger partial charge is 0.390 e. The molecule has 0 atom stereocenters. The summed E-state index contributed by atoms with van der Waals surface area (Å²) in [5.74, 6) is 0. The van der Waals surface area contributed by atoms with Crippen LogP contribution in [0, 0.1) is 0 Å². The Labute approximate surface area is 124 Å². The molecule has 0 unspecified atom stereocenters. The zero-order valence-corrected chi connectivity index (χ0v) is 12.1. The van der Waals surface area contributed by atoms with E-state index in [2.05, 4.69) is 10.1 Å². The van der Waals surface area contributed by atoms with Crippen LogP contribution in [0.25, 0.3) is 0 Å². The van der Waals surface area contributed by atoms with Crippen LogP contribution in [0.4, 0.5) is 0 Å². The molecule has 3 rings (SSSR count). The first-order valence-corrected chi connectivity index (χ1v) is 7.84. The van der Waals surface area contributed by atoms with Gasteiger partial charge in [-0.2, -0.15) is 9.40 Å². The fourth-order valence-electron chi connectivity index (χ4n) is 2.31. The van der Waals surface area contributed by atoms with E-state index in [1.165, 1.54) is 0 Å². The summed E-state index contributed by atoms with van der Waals surface area (Å²) < 4.78 is 27.8. The maximum atomic E-state index is 12.5. The molecule has 1 aliphatic heterocycles. The van der Waals surface area contributed by atoms with Crippen LogP contribution >= 0.6 is 0 Å². The van der Waals surface area contributed by atoms with Crippen LogP contribution in [-0.2, 0) is 29.7 Å². The van der Waals surface area contributed by atoms with Gasteiger partial charge in [-0.15, -0.1) is 0 Å². The van der Waals surface area contributed by atoms with Gasteiger partial charge in [0.1, 0.15) is 0 Å². The Morgan fingerprint density at radius 2 is 2.09 bits per heavy atom. The van der Waals surface area contributed by atoms with E-state index < -0.39 is 26.2 Å². The zero-order chi connectivity index (χ0) is 15.9. The molecule has 0 saturated heterocycles. The second-order valence-electron chi connectivity index (χ2n) is 4.78. The van der Waals surface area contributed by atoms with Crippen LogP contribution in [0.5, 0.6) is 0 Å². The zero-order valence-electron chi connectivity index (χ0n) is 11.3. The molecule has 0 aliphatic carbocycles. The minimum absolute atomic E-state index is 0.0356. The lowest BCUT2D eigenvalue weighted by atomic mass is 10.3. The number of aromatic amines is 2. The van der Waals surface area contributed by atoms with Gasteiger partial charge in [-0.1, -0.05) is 0 Å². The van der Waals surface area contributed by atoms with Crippen molar-refractivity contribution < 1.29 is 13.5 Å². The summed E-state index contributed by atoms with van der Waals surface area (Å²) in [5, 5.41) is 13.2. The molecule has 0 saturated carbocycles. The first-order valence-electron chi connectivity index (χ1n) is 6.40. The molecule has 0 amide bonds. The Bertz CT molecular complexity index is 925. The summed E-state index contributed by atoms with van der Waals surface area (Å²) in [6, 6.07) is 1.61. The van der Waals surface area contributed by atoms with Gasteiger partial charge < -0.3 is 10.1 Å². The highest BCUT2D eigenvalue weighted by molar-refractivity contribution is 7.89. The topological polar surface area (TPSA) is 141 Å². The predicted molar refractivity (Wildman–Crippen MR) is 73.4 cm³/mol. The van der Waals surface area contributed by atoms with Crippen LogP contribution in [0.3, 0.4) is 0 Å². The third-order valence-electron chi connectivity index (χ3n) is 3.38. The Morgan fingerprint density at radius 1 is 1.32 bits per heavy atom. The fourth-order valence-corrected chi connectivity index (χ4v) is 3.71. The van der Waals surface area contributed by atoms with Crippen molar-refractivity contribution in [1.29, 1.82) is 0 Å². The molecule has 2 aromatic rings. The van der Waals surface area contributed by atoms with E-state index in [-0.39, 0.29) is 19.7 Å². The van der Waals surface area contributed by atoms with Gasteiger partial charge in [-0.05, 0) is 6.07 Å². The number of aliphatic hydroxyl groups excluding tert-OH is 1. The Hall–Kier alpha value is -2.24. The van der Waals surface area contributed by atoms with Gasteiger partial charge in [0.2, 0.25) is 10.0 Å². The van der Waals surface area contributed by atoms with Crippen LogP contribution in [0.2, 0.25) is 0 Å². The summed E-state index contributed by atoms with van der Waals surface area (Å²) in [4.78, 5) is 26.2. The van der Waals surface area contributed by atoms with Crippen LogP contribution in [-0.4, -0.2) is 44.1 Å². The molecule has 118 valence electrons. The minimum Gasteiger partial charge on any atom is -0.390 e. The van der Waals surface area contributed by atoms with E-state index in [0.29, 0.717) is 17.9 Å². The average Bonchev–Trinajstić information content (AvgIpc) is 2.88. The van der Waals surface area contributed by atoms with E-state index in [1.54, 1.807) is 10.7 Å². The second kappa shape index (κ2) is 5.19. The highest BCUT2D eigenvalue weighted by Crippen LogP contribution is 2.19. The standard InChI is InChI=1S/C11H13N5O5S/c17-6-7-3-8-5-15(1-2-16(8)14-7)22(20,21)9-4-12-11(19)13-10(9)18/h3-4,17H,1-2,5-6H2,(H2,12,13,18,19). The number of aromatic nitrogens is 4. The number of hydrogen-bond acceptors (Lipinski definition) is 6. The Morgan fingerprint density at radius 3 is 2.77 bits per heavy atom. The molecule has 22 heavy (non-hydrogen) atoms. The van der Waals surface area contributed by atoms with Gasteiger partial charge in [0, 0.05) is 12.7 Å². The number of sulfonamides is 1. The fraction of sp³-hybridized carbons (Fsp3) is 0.364. The molecule has 0 aromatic carbocycles. The van der Waals surface area contributed by atoms with E-state index in [9.17, 15) is 18.0 Å². The van der Waals surface area contributed by atoms with E-state index >= 15 is 0 Å². The van der Waals surface area contributed by atoms with Gasteiger partial charge >= 0.3 is 5.69 Å².